The van der Waals surface area contributed by atoms with E-state index in [9.17, 15) is 4.79 Å². The molecule has 0 radical (unpaired) electrons. The molecule has 2 aromatic carbocycles. The number of ketones is 1. The summed E-state index contributed by atoms with van der Waals surface area (Å²) in [6, 6.07) is 10.5. The van der Waals surface area contributed by atoms with Crippen molar-refractivity contribution in [3.05, 3.63) is 58.1 Å². The Morgan fingerprint density at radius 1 is 1.30 bits per heavy atom. The molecule has 4 heteroatoms. The second kappa shape index (κ2) is 5.97. The first-order chi connectivity index (χ1) is 9.54. The Labute approximate surface area is 123 Å². The summed E-state index contributed by atoms with van der Waals surface area (Å²) in [4.78, 5) is 12.7. The maximum Gasteiger partial charge on any atom is 0.200 e. The molecule has 2 aromatic rings. The second-order valence-corrected chi connectivity index (χ2v) is 4.87. The SMILES string of the molecule is CCOc1ccc(C)cc1C(=O)c1c(N)cccc1Cl. The van der Waals surface area contributed by atoms with Gasteiger partial charge in [0.2, 0.25) is 0 Å². The number of aryl methyl sites for hydroxylation is 1. The Morgan fingerprint density at radius 2 is 2.05 bits per heavy atom. The molecule has 2 rings (SSSR count). The molecule has 0 unspecified atom stereocenters. The van der Waals surface area contributed by atoms with Crippen LogP contribution >= 0.6 is 11.6 Å². The highest BCUT2D eigenvalue weighted by Gasteiger charge is 2.19. The quantitative estimate of drug-likeness (QED) is 0.687. The zero-order valence-corrected chi connectivity index (χ0v) is 12.2. The van der Waals surface area contributed by atoms with Crippen molar-refractivity contribution in [1.29, 1.82) is 0 Å². The van der Waals surface area contributed by atoms with E-state index in [4.69, 9.17) is 22.1 Å². The van der Waals surface area contributed by atoms with Crippen LogP contribution < -0.4 is 10.5 Å². The monoisotopic (exact) mass is 289 g/mol. The zero-order valence-electron chi connectivity index (χ0n) is 11.4. The molecule has 0 atom stereocenters. The smallest absolute Gasteiger partial charge is 0.200 e. The number of rotatable bonds is 4. The van der Waals surface area contributed by atoms with Crippen molar-refractivity contribution in [2.24, 2.45) is 0 Å². The fourth-order valence-corrected chi connectivity index (χ4v) is 2.29. The van der Waals surface area contributed by atoms with Crippen LogP contribution in [-0.4, -0.2) is 12.4 Å². The van der Waals surface area contributed by atoms with Crippen LogP contribution in [0.4, 0.5) is 5.69 Å². The van der Waals surface area contributed by atoms with E-state index in [0.29, 0.717) is 34.2 Å². The van der Waals surface area contributed by atoms with E-state index in [0.717, 1.165) is 5.56 Å². The Morgan fingerprint density at radius 3 is 2.70 bits per heavy atom. The van der Waals surface area contributed by atoms with E-state index in [1.54, 1.807) is 30.3 Å². The highest BCUT2D eigenvalue weighted by atomic mass is 35.5. The molecule has 0 heterocycles. The van der Waals surface area contributed by atoms with Crippen LogP contribution in [0.5, 0.6) is 5.75 Å². The number of hydrogen-bond donors (Lipinski definition) is 1. The van der Waals surface area contributed by atoms with Crippen molar-refractivity contribution in [1.82, 2.24) is 0 Å². The summed E-state index contributed by atoms with van der Waals surface area (Å²) in [6.07, 6.45) is 0. The van der Waals surface area contributed by atoms with E-state index in [1.165, 1.54) is 0 Å². The molecule has 0 amide bonds. The van der Waals surface area contributed by atoms with Gasteiger partial charge in [0.05, 0.1) is 22.8 Å². The van der Waals surface area contributed by atoms with Gasteiger partial charge in [0.1, 0.15) is 5.75 Å². The van der Waals surface area contributed by atoms with Gasteiger partial charge in [0.15, 0.2) is 5.78 Å². The molecule has 2 N–H and O–H groups in total. The third-order valence-corrected chi connectivity index (χ3v) is 3.27. The lowest BCUT2D eigenvalue weighted by atomic mass is 9.99. The number of carbonyl (C=O) groups is 1. The van der Waals surface area contributed by atoms with Crippen LogP contribution in [0.25, 0.3) is 0 Å². The summed E-state index contributed by atoms with van der Waals surface area (Å²) in [5, 5.41) is 0.346. The first-order valence-electron chi connectivity index (χ1n) is 6.36. The first-order valence-corrected chi connectivity index (χ1v) is 6.74. The van der Waals surface area contributed by atoms with Gasteiger partial charge >= 0.3 is 0 Å². The third-order valence-electron chi connectivity index (χ3n) is 2.95. The minimum atomic E-state index is -0.222. The van der Waals surface area contributed by atoms with Crippen LogP contribution in [-0.2, 0) is 0 Å². The molecule has 20 heavy (non-hydrogen) atoms. The predicted molar refractivity (Wildman–Crippen MR) is 81.6 cm³/mol. The van der Waals surface area contributed by atoms with Gasteiger partial charge in [-0.2, -0.15) is 0 Å². The number of carbonyl (C=O) groups excluding carboxylic acids is 1. The molecule has 3 nitrogen and oxygen atoms in total. The highest BCUT2D eigenvalue weighted by molar-refractivity contribution is 6.36. The van der Waals surface area contributed by atoms with Gasteiger partial charge in [-0.05, 0) is 38.1 Å². The van der Waals surface area contributed by atoms with E-state index in [2.05, 4.69) is 0 Å². The van der Waals surface area contributed by atoms with Crippen molar-refractivity contribution < 1.29 is 9.53 Å². The second-order valence-electron chi connectivity index (χ2n) is 4.47. The highest BCUT2D eigenvalue weighted by Crippen LogP contribution is 2.29. The molecule has 0 spiro atoms. The Kier molecular flexibility index (Phi) is 4.30. The minimum absolute atomic E-state index is 0.222. The molecule has 0 fully saturated rings. The van der Waals surface area contributed by atoms with Gasteiger partial charge in [-0.15, -0.1) is 0 Å². The van der Waals surface area contributed by atoms with Crippen LogP contribution in [0.15, 0.2) is 36.4 Å². The summed E-state index contributed by atoms with van der Waals surface area (Å²) in [7, 11) is 0. The standard InChI is InChI=1S/C16H16ClNO2/c1-3-20-14-8-7-10(2)9-11(14)16(19)15-12(17)5-4-6-13(15)18/h4-9H,3,18H2,1-2H3. The molecule has 0 aliphatic rings. The fraction of sp³-hybridized carbons (Fsp3) is 0.188. The lowest BCUT2D eigenvalue weighted by Gasteiger charge is -2.12. The normalized spacial score (nSPS) is 10.3. The predicted octanol–water partition coefficient (Wildman–Crippen LogP) is 3.86. The van der Waals surface area contributed by atoms with Crippen molar-refractivity contribution in [3.8, 4) is 5.75 Å². The van der Waals surface area contributed by atoms with E-state index >= 15 is 0 Å². The van der Waals surface area contributed by atoms with Gasteiger partial charge in [-0.3, -0.25) is 4.79 Å². The largest absolute Gasteiger partial charge is 0.493 e. The Hall–Kier alpha value is -2.00. The van der Waals surface area contributed by atoms with E-state index in [-0.39, 0.29) is 5.78 Å². The molecule has 0 bridgehead atoms. The molecule has 0 saturated carbocycles. The van der Waals surface area contributed by atoms with Gasteiger partial charge in [-0.1, -0.05) is 29.3 Å². The van der Waals surface area contributed by atoms with E-state index in [1.807, 2.05) is 19.9 Å². The Balaban J connectivity index is 2.56. The van der Waals surface area contributed by atoms with Crippen molar-refractivity contribution >= 4 is 23.1 Å². The van der Waals surface area contributed by atoms with Crippen molar-refractivity contribution in [3.63, 3.8) is 0 Å². The maximum absolute atomic E-state index is 12.7. The number of ether oxygens (including phenoxy) is 1. The summed E-state index contributed by atoms with van der Waals surface area (Å²) in [5.74, 6) is 0.322. The number of nitrogens with two attached hydrogens (primary N) is 1. The van der Waals surface area contributed by atoms with E-state index < -0.39 is 0 Å². The van der Waals surface area contributed by atoms with Crippen LogP contribution in [0.3, 0.4) is 0 Å². The number of anilines is 1. The van der Waals surface area contributed by atoms with Gasteiger partial charge in [-0.25, -0.2) is 0 Å². The number of benzene rings is 2. The molecular formula is C16H16ClNO2. The average molecular weight is 290 g/mol. The zero-order chi connectivity index (χ0) is 14.7. The van der Waals surface area contributed by atoms with Gasteiger partial charge in [0, 0.05) is 5.69 Å². The minimum Gasteiger partial charge on any atom is -0.493 e. The number of halogens is 1. The molecule has 104 valence electrons. The molecule has 0 saturated heterocycles. The summed E-state index contributed by atoms with van der Waals surface area (Å²) in [6.45, 7) is 4.28. The van der Waals surface area contributed by atoms with Gasteiger partial charge in [0.25, 0.3) is 0 Å². The third kappa shape index (κ3) is 2.78. The summed E-state index contributed by atoms with van der Waals surface area (Å²) in [5.41, 5.74) is 8.02. The average Bonchev–Trinajstić information content (AvgIpc) is 2.40. The number of hydrogen-bond acceptors (Lipinski definition) is 3. The van der Waals surface area contributed by atoms with Crippen LogP contribution in [0, 0.1) is 6.92 Å². The Bertz CT molecular complexity index is 633. The van der Waals surface area contributed by atoms with Crippen LogP contribution in [0.2, 0.25) is 5.02 Å². The van der Waals surface area contributed by atoms with Crippen molar-refractivity contribution in [2.75, 3.05) is 12.3 Å². The van der Waals surface area contributed by atoms with Crippen molar-refractivity contribution in [2.45, 2.75) is 13.8 Å². The molecular weight excluding hydrogens is 274 g/mol. The van der Waals surface area contributed by atoms with Gasteiger partial charge < -0.3 is 10.5 Å². The first kappa shape index (κ1) is 14.4. The topological polar surface area (TPSA) is 52.3 Å². The summed E-state index contributed by atoms with van der Waals surface area (Å²) >= 11 is 6.10. The molecule has 0 aliphatic heterocycles. The lowest BCUT2D eigenvalue weighted by Crippen LogP contribution is -2.09. The summed E-state index contributed by atoms with van der Waals surface area (Å²) < 4.78 is 5.51. The molecule has 0 aromatic heterocycles. The van der Waals surface area contributed by atoms with Crippen LogP contribution in [0.1, 0.15) is 28.4 Å². The maximum atomic E-state index is 12.7. The fourth-order valence-electron chi connectivity index (χ4n) is 2.02. The number of nitrogen functional groups attached to an aromatic ring is 1. The lowest BCUT2D eigenvalue weighted by molar-refractivity contribution is 0.103. The molecule has 0 aliphatic carbocycles.